The molecule has 8 heteroatoms. The molecule has 31 heavy (non-hydrogen) atoms. The number of aliphatic hydroxyl groups excluding tert-OH is 1. The molecule has 4 heterocycles. The van der Waals surface area contributed by atoms with Crippen LogP contribution < -0.4 is 10.6 Å². The number of pyridine rings is 3. The average molecular weight is 419 g/mol. The topological polar surface area (TPSA) is 89.1 Å². The van der Waals surface area contributed by atoms with Crippen LogP contribution in [0, 0.1) is 0 Å². The van der Waals surface area contributed by atoms with Crippen molar-refractivity contribution in [2.24, 2.45) is 7.05 Å². The lowest BCUT2D eigenvalue weighted by atomic mass is 9.93. The molecule has 1 aliphatic rings. The van der Waals surface area contributed by atoms with Crippen molar-refractivity contribution in [1.82, 2.24) is 24.1 Å². The van der Waals surface area contributed by atoms with Gasteiger partial charge in [-0.3, -0.25) is 14.1 Å². The Morgan fingerprint density at radius 3 is 2.48 bits per heavy atom. The van der Waals surface area contributed by atoms with E-state index in [1.807, 2.05) is 54.0 Å². The van der Waals surface area contributed by atoms with Crippen LogP contribution in [0.1, 0.15) is 31.7 Å². The van der Waals surface area contributed by atoms with Crippen molar-refractivity contribution in [3.05, 3.63) is 47.1 Å². The lowest BCUT2D eigenvalue weighted by molar-refractivity contribution is 0.111. The zero-order valence-corrected chi connectivity index (χ0v) is 18.0. The van der Waals surface area contributed by atoms with E-state index in [-0.39, 0.29) is 17.8 Å². The molecule has 0 bridgehead atoms. The second-order valence-corrected chi connectivity index (χ2v) is 8.53. The summed E-state index contributed by atoms with van der Waals surface area (Å²) < 4.78 is 3.52. The third-order valence-electron chi connectivity index (χ3n) is 6.30. The van der Waals surface area contributed by atoms with Gasteiger partial charge in [0.05, 0.1) is 34.5 Å². The van der Waals surface area contributed by atoms with Crippen LogP contribution in [0.15, 0.2) is 41.5 Å². The monoisotopic (exact) mass is 418 g/mol. The van der Waals surface area contributed by atoms with Crippen molar-refractivity contribution in [1.29, 1.82) is 0 Å². The smallest absolute Gasteiger partial charge is 0.329 e. The normalized spacial score (nSPS) is 19.2. The number of hydrogen-bond acceptors (Lipinski definition) is 6. The highest BCUT2D eigenvalue weighted by Gasteiger charge is 2.26. The van der Waals surface area contributed by atoms with Crippen LogP contribution in [0.2, 0.25) is 0 Å². The molecule has 4 aromatic rings. The van der Waals surface area contributed by atoms with Crippen molar-refractivity contribution < 1.29 is 5.11 Å². The van der Waals surface area contributed by atoms with E-state index in [1.54, 1.807) is 17.8 Å². The fourth-order valence-corrected chi connectivity index (χ4v) is 4.50. The van der Waals surface area contributed by atoms with Crippen LogP contribution in [-0.4, -0.2) is 49.4 Å². The number of fused-ring (bicyclic) bond motifs is 3. The molecule has 1 aliphatic carbocycles. The lowest BCUT2D eigenvalue weighted by Gasteiger charge is -2.26. The standard InChI is InChI=1S/C23H26N6O2/c1-27(2)20-11-4-14(12-25-20)17-9-10-18-21(26-17)22-19(13-24-18)28(3)23(31)29(22)15-5-7-16(30)8-6-15/h4,9-13,15-16,30H,5-8H2,1-3H3/t15-,16-. The maximum Gasteiger partial charge on any atom is 0.329 e. The summed E-state index contributed by atoms with van der Waals surface area (Å²) in [5.41, 5.74) is 4.71. The van der Waals surface area contributed by atoms with Crippen LogP contribution in [0.5, 0.6) is 0 Å². The number of aromatic nitrogens is 5. The van der Waals surface area contributed by atoms with E-state index in [2.05, 4.69) is 9.97 Å². The van der Waals surface area contributed by atoms with Crippen LogP contribution in [0.3, 0.4) is 0 Å². The first-order valence-corrected chi connectivity index (χ1v) is 10.6. The molecule has 0 radical (unpaired) electrons. The van der Waals surface area contributed by atoms with Gasteiger partial charge in [0.2, 0.25) is 0 Å². The Labute approximate surface area is 179 Å². The lowest BCUT2D eigenvalue weighted by Crippen LogP contribution is -2.29. The molecular weight excluding hydrogens is 392 g/mol. The summed E-state index contributed by atoms with van der Waals surface area (Å²) in [5, 5.41) is 9.93. The maximum absolute atomic E-state index is 13.2. The molecule has 1 N–H and O–H groups in total. The first-order valence-electron chi connectivity index (χ1n) is 10.6. The molecule has 4 aromatic heterocycles. The molecule has 1 saturated carbocycles. The van der Waals surface area contributed by atoms with Gasteiger partial charge in [-0.25, -0.2) is 14.8 Å². The second-order valence-electron chi connectivity index (χ2n) is 8.53. The Hall–Kier alpha value is -3.26. The SMILES string of the molecule is CN(C)c1ccc(-c2ccc3ncc4c(c3n2)n([C@H]2CC[C@H](O)CC2)c(=O)n4C)cn1. The summed E-state index contributed by atoms with van der Waals surface area (Å²) in [6, 6.07) is 7.91. The number of imidazole rings is 1. The van der Waals surface area contributed by atoms with Gasteiger partial charge >= 0.3 is 5.69 Å². The Morgan fingerprint density at radius 2 is 1.81 bits per heavy atom. The van der Waals surface area contributed by atoms with Gasteiger partial charge in [-0.05, 0) is 49.9 Å². The number of anilines is 1. The average Bonchev–Trinajstić information content (AvgIpc) is 3.05. The quantitative estimate of drug-likeness (QED) is 0.550. The van der Waals surface area contributed by atoms with E-state index >= 15 is 0 Å². The summed E-state index contributed by atoms with van der Waals surface area (Å²) in [6.45, 7) is 0. The number of aryl methyl sites for hydroxylation is 1. The van der Waals surface area contributed by atoms with E-state index in [1.165, 1.54) is 0 Å². The van der Waals surface area contributed by atoms with Crippen molar-refractivity contribution in [3.8, 4) is 11.3 Å². The van der Waals surface area contributed by atoms with Gasteiger partial charge in [-0.2, -0.15) is 0 Å². The van der Waals surface area contributed by atoms with Gasteiger partial charge in [0.1, 0.15) is 11.3 Å². The van der Waals surface area contributed by atoms with Gasteiger partial charge in [0.15, 0.2) is 0 Å². The maximum atomic E-state index is 13.2. The Balaban J connectivity index is 1.70. The zero-order chi connectivity index (χ0) is 21.7. The van der Waals surface area contributed by atoms with Crippen molar-refractivity contribution in [2.45, 2.75) is 37.8 Å². The Bertz CT molecular complexity index is 1310. The fourth-order valence-electron chi connectivity index (χ4n) is 4.50. The van der Waals surface area contributed by atoms with E-state index in [9.17, 15) is 9.90 Å². The fraction of sp³-hybridized carbons (Fsp3) is 0.391. The van der Waals surface area contributed by atoms with E-state index in [0.717, 1.165) is 52.0 Å². The molecule has 5 rings (SSSR count). The molecule has 8 nitrogen and oxygen atoms in total. The second kappa shape index (κ2) is 7.46. The van der Waals surface area contributed by atoms with Gasteiger partial charge in [0, 0.05) is 38.9 Å². The Morgan fingerprint density at radius 1 is 1.03 bits per heavy atom. The van der Waals surface area contributed by atoms with Crippen molar-refractivity contribution >= 4 is 27.9 Å². The molecule has 0 atom stereocenters. The molecule has 0 saturated heterocycles. The van der Waals surface area contributed by atoms with E-state index in [0.29, 0.717) is 12.8 Å². The van der Waals surface area contributed by atoms with E-state index < -0.39 is 0 Å². The van der Waals surface area contributed by atoms with E-state index in [4.69, 9.17) is 4.98 Å². The Kier molecular flexibility index (Phi) is 4.74. The predicted octanol–water partition coefficient (Wildman–Crippen LogP) is 2.89. The zero-order valence-electron chi connectivity index (χ0n) is 18.0. The summed E-state index contributed by atoms with van der Waals surface area (Å²) in [6.07, 6.45) is 6.26. The molecule has 160 valence electrons. The van der Waals surface area contributed by atoms with Crippen LogP contribution in [0.25, 0.3) is 33.3 Å². The highest BCUT2D eigenvalue weighted by molar-refractivity contribution is 6.00. The van der Waals surface area contributed by atoms with Gasteiger partial charge < -0.3 is 10.0 Å². The molecule has 1 fully saturated rings. The third-order valence-corrected chi connectivity index (χ3v) is 6.30. The van der Waals surface area contributed by atoms with Gasteiger partial charge in [0.25, 0.3) is 0 Å². The van der Waals surface area contributed by atoms with Gasteiger partial charge in [-0.1, -0.05) is 0 Å². The summed E-state index contributed by atoms with van der Waals surface area (Å²) in [4.78, 5) is 29.1. The molecule has 0 unspecified atom stereocenters. The number of nitrogens with zero attached hydrogens (tertiary/aromatic N) is 6. The molecular formula is C23H26N6O2. The van der Waals surface area contributed by atoms with Crippen LogP contribution in [-0.2, 0) is 7.05 Å². The minimum absolute atomic E-state index is 0.0525. The number of hydrogen-bond donors (Lipinski definition) is 1. The predicted molar refractivity (Wildman–Crippen MR) is 121 cm³/mol. The number of rotatable bonds is 3. The minimum Gasteiger partial charge on any atom is -0.393 e. The molecule has 0 aromatic carbocycles. The van der Waals surface area contributed by atoms with Gasteiger partial charge in [-0.15, -0.1) is 0 Å². The first-order chi connectivity index (χ1) is 14.9. The number of aliphatic hydroxyl groups is 1. The summed E-state index contributed by atoms with van der Waals surface area (Å²) in [5.74, 6) is 0.880. The largest absolute Gasteiger partial charge is 0.393 e. The minimum atomic E-state index is -0.275. The van der Waals surface area contributed by atoms with Crippen molar-refractivity contribution in [3.63, 3.8) is 0 Å². The molecule has 0 amide bonds. The van der Waals surface area contributed by atoms with Crippen molar-refractivity contribution in [2.75, 3.05) is 19.0 Å². The highest BCUT2D eigenvalue weighted by atomic mass is 16.3. The highest BCUT2D eigenvalue weighted by Crippen LogP contribution is 2.33. The third kappa shape index (κ3) is 3.27. The first kappa shape index (κ1) is 19.7. The van der Waals surface area contributed by atoms with Crippen LogP contribution >= 0.6 is 0 Å². The summed E-state index contributed by atoms with van der Waals surface area (Å²) >= 11 is 0. The summed E-state index contributed by atoms with van der Waals surface area (Å²) in [7, 11) is 5.69. The molecule has 0 aliphatic heterocycles. The molecule has 0 spiro atoms. The van der Waals surface area contributed by atoms with Crippen LogP contribution in [0.4, 0.5) is 5.82 Å².